The zero-order valence-electron chi connectivity index (χ0n) is 19.1. The van der Waals surface area contributed by atoms with Crippen molar-refractivity contribution < 1.29 is 33.6 Å². The van der Waals surface area contributed by atoms with Crippen molar-refractivity contribution in [1.82, 2.24) is 5.32 Å². The SMILES string of the molecule is O=C(O)CC(COCCOC1CCCCO1)NC(=O)OCC1c2ccccc2-c2ccccc21. The van der Waals surface area contributed by atoms with Crippen molar-refractivity contribution in [3.63, 3.8) is 0 Å². The molecule has 0 saturated carbocycles. The van der Waals surface area contributed by atoms with Crippen molar-refractivity contribution in [2.75, 3.05) is 33.0 Å². The van der Waals surface area contributed by atoms with Gasteiger partial charge >= 0.3 is 12.1 Å². The molecular weight excluding hydrogens is 438 g/mol. The fraction of sp³-hybridized carbons (Fsp3) is 0.462. The molecule has 1 heterocycles. The van der Waals surface area contributed by atoms with E-state index in [1.165, 1.54) is 0 Å². The lowest BCUT2D eigenvalue weighted by atomic mass is 9.98. The number of ether oxygens (including phenoxy) is 4. The van der Waals surface area contributed by atoms with Crippen LogP contribution in [0.5, 0.6) is 0 Å². The molecule has 182 valence electrons. The van der Waals surface area contributed by atoms with E-state index in [1.54, 1.807) is 0 Å². The number of alkyl carbamates (subject to hydrolysis) is 1. The second-order valence-corrected chi connectivity index (χ2v) is 8.51. The van der Waals surface area contributed by atoms with Crippen molar-refractivity contribution >= 4 is 12.1 Å². The van der Waals surface area contributed by atoms with E-state index >= 15 is 0 Å². The van der Waals surface area contributed by atoms with E-state index in [-0.39, 0.29) is 38.4 Å². The summed E-state index contributed by atoms with van der Waals surface area (Å²) in [6.07, 6.45) is 1.86. The predicted molar refractivity (Wildman–Crippen MR) is 125 cm³/mol. The van der Waals surface area contributed by atoms with Gasteiger partial charge < -0.3 is 29.4 Å². The highest BCUT2D eigenvalue weighted by molar-refractivity contribution is 5.79. The molecule has 8 heteroatoms. The summed E-state index contributed by atoms with van der Waals surface area (Å²) < 4.78 is 22.2. The van der Waals surface area contributed by atoms with Gasteiger partial charge in [-0.1, -0.05) is 48.5 Å². The number of hydrogen-bond acceptors (Lipinski definition) is 6. The molecule has 1 aliphatic carbocycles. The van der Waals surface area contributed by atoms with E-state index < -0.39 is 18.1 Å². The number of carboxylic acid groups (broad SMARTS) is 1. The quantitative estimate of drug-likeness (QED) is 0.481. The van der Waals surface area contributed by atoms with Crippen molar-refractivity contribution in [2.24, 2.45) is 0 Å². The number of nitrogens with one attached hydrogen (secondary N) is 1. The highest BCUT2D eigenvalue weighted by Crippen LogP contribution is 2.44. The van der Waals surface area contributed by atoms with Crippen molar-refractivity contribution in [1.29, 1.82) is 0 Å². The molecule has 2 aromatic carbocycles. The monoisotopic (exact) mass is 469 g/mol. The van der Waals surface area contributed by atoms with Crippen LogP contribution in [0.25, 0.3) is 11.1 Å². The maximum absolute atomic E-state index is 12.5. The zero-order chi connectivity index (χ0) is 23.8. The van der Waals surface area contributed by atoms with Crippen LogP contribution in [0.15, 0.2) is 48.5 Å². The van der Waals surface area contributed by atoms with Crippen LogP contribution in [0.1, 0.15) is 42.7 Å². The fourth-order valence-electron chi connectivity index (χ4n) is 4.48. The molecule has 2 aliphatic rings. The number of hydrogen-bond donors (Lipinski definition) is 2. The molecular formula is C26H31NO7. The Morgan fingerprint density at radius 2 is 1.74 bits per heavy atom. The normalized spacial score (nSPS) is 18.1. The summed E-state index contributed by atoms with van der Waals surface area (Å²) in [4.78, 5) is 23.7. The van der Waals surface area contributed by atoms with Gasteiger partial charge in [0, 0.05) is 12.5 Å². The van der Waals surface area contributed by atoms with E-state index in [0.717, 1.165) is 41.5 Å². The lowest BCUT2D eigenvalue weighted by Crippen LogP contribution is -2.40. The van der Waals surface area contributed by atoms with Gasteiger partial charge in [-0.2, -0.15) is 0 Å². The minimum absolute atomic E-state index is 0.0470. The van der Waals surface area contributed by atoms with Gasteiger partial charge in [0.2, 0.25) is 0 Å². The highest BCUT2D eigenvalue weighted by Gasteiger charge is 2.29. The number of fused-ring (bicyclic) bond motifs is 3. The van der Waals surface area contributed by atoms with Crippen molar-refractivity contribution in [3.8, 4) is 11.1 Å². The van der Waals surface area contributed by atoms with Crippen molar-refractivity contribution in [2.45, 2.75) is 43.9 Å². The number of carboxylic acids is 1. The molecule has 1 fully saturated rings. The topological polar surface area (TPSA) is 103 Å². The molecule has 1 saturated heterocycles. The maximum atomic E-state index is 12.5. The van der Waals surface area contributed by atoms with Crippen LogP contribution in [0.4, 0.5) is 4.79 Å². The number of carbonyl (C=O) groups excluding carboxylic acids is 1. The molecule has 2 aromatic rings. The second-order valence-electron chi connectivity index (χ2n) is 8.51. The molecule has 0 aromatic heterocycles. The Morgan fingerprint density at radius 3 is 2.38 bits per heavy atom. The van der Waals surface area contributed by atoms with Crippen LogP contribution in [0, 0.1) is 0 Å². The lowest BCUT2D eigenvalue weighted by Gasteiger charge is -2.23. The highest BCUT2D eigenvalue weighted by atomic mass is 16.7. The molecule has 1 aliphatic heterocycles. The van der Waals surface area contributed by atoms with E-state index in [0.29, 0.717) is 13.2 Å². The summed E-state index contributed by atoms with van der Waals surface area (Å²) in [6.45, 7) is 1.54. The van der Waals surface area contributed by atoms with Crippen LogP contribution in [0.3, 0.4) is 0 Å². The first-order valence-corrected chi connectivity index (χ1v) is 11.8. The first-order chi connectivity index (χ1) is 16.6. The van der Waals surface area contributed by atoms with Gasteiger partial charge in [-0.25, -0.2) is 4.79 Å². The summed E-state index contributed by atoms with van der Waals surface area (Å²) in [5, 5.41) is 11.8. The number of carbonyl (C=O) groups is 2. The van der Waals surface area contributed by atoms with Crippen LogP contribution >= 0.6 is 0 Å². The average Bonchev–Trinajstić information content (AvgIpc) is 3.16. The van der Waals surface area contributed by atoms with Crippen LogP contribution in [-0.4, -0.2) is 62.5 Å². The van der Waals surface area contributed by atoms with Gasteiger partial charge in [-0.15, -0.1) is 0 Å². The Labute approximate surface area is 199 Å². The van der Waals surface area contributed by atoms with Gasteiger partial charge in [0.25, 0.3) is 0 Å². The molecule has 2 unspecified atom stereocenters. The minimum Gasteiger partial charge on any atom is -0.481 e. The molecule has 34 heavy (non-hydrogen) atoms. The molecule has 4 rings (SSSR count). The first kappa shape index (κ1) is 24.2. The molecule has 8 nitrogen and oxygen atoms in total. The molecule has 0 bridgehead atoms. The van der Waals surface area contributed by atoms with Crippen LogP contribution < -0.4 is 5.32 Å². The maximum Gasteiger partial charge on any atom is 0.407 e. The first-order valence-electron chi connectivity index (χ1n) is 11.8. The zero-order valence-corrected chi connectivity index (χ0v) is 19.1. The molecule has 0 radical (unpaired) electrons. The summed E-state index contributed by atoms with van der Waals surface area (Å²) in [7, 11) is 0. The Kier molecular flexibility index (Phi) is 8.51. The minimum atomic E-state index is -1.03. The summed E-state index contributed by atoms with van der Waals surface area (Å²) in [5.41, 5.74) is 4.52. The molecule has 0 spiro atoms. The second kappa shape index (κ2) is 12.0. The number of amides is 1. The van der Waals surface area contributed by atoms with E-state index in [2.05, 4.69) is 17.4 Å². The largest absolute Gasteiger partial charge is 0.481 e. The summed E-state index contributed by atoms with van der Waals surface area (Å²) >= 11 is 0. The average molecular weight is 470 g/mol. The fourth-order valence-corrected chi connectivity index (χ4v) is 4.48. The van der Waals surface area contributed by atoms with Gasteiger partial charge in [-0.05, 0) is 41.5 Å². The third kappa shape index (κ3) is 6.34. The smallest absolute Gasteiger partial charge is 0.407 e. The standard InChI is InChI=1S/C26H31NO7/c28-24(29)15-18(16-31-13-14-33-25-11-5-6-12-32-25)27-26(30)34-17-23-21-9-3-1-7-19(21)20-8-2-4-10-22(20)23/h1-4,7-10,18,23,25H,5-6,11-17H2,(H,27,30)(H,28,29). The Hall–Kier alpha value is -2.94. The molecule has 2 N–H and O–H groups in total. The van der Waals surface area contributed by atoms with Gasteiger partial charge in [0.05, 0.1) is 32.3 Å². The molecule has 1 amide bonds. The Bertz CT molecular complexity index is 928. The van der Waals surface area contributed by atoms with E-state index in [9.17, 15) is 14.7 Å². The van der Waals surface area contributed by atoms with Crippen LogP contribution in [0.2, 0.25) is 0 Å². The summed E-state index contributed by atoms with van der Waals surface area (Å²) in [5.74, 6) is -1.09. The van der Waals surface area contributed by atoms with Gasteiger partial charge in [-0.3, -0.25) is 4.79 Å². The summed E-state index contributed by atoms with van der Waals surface area (Å²) in [6, 6.07) is 15.5. The van der Waals surface area contributed by atoms with E-state index in [4.69, 9.17) is 18.9 Å². The number of rotatable bonds is 11. The van der Waals surface area contributed by atoms with Gasteiger partial charge in [0.15, 0.2) is 6.29 Å². The Morgan fingerprint density at radius 1 is 1.03 bits per heavy atom. The third-order valence-corrected chi connectivity index (χ3v) is 6.08. The number of benzene rings is 2. The van der Waals surface area contributed by atoms with Crippen LogP contribution in [-0.2, 0) is 23.7 Å². The number of aliphatic carboxylic acids is 1. The predicted octanol–water partition coefficient (Wildman–Crippen LogP) is 3.93. The molecule has 2 atom stereocenters. The Balaban J connectivity index is 1.25. The van der Waals surface area contributed by atoms with E-state index in [1.807, 2.05) is 36.4 Å². The van der Waals surface area contributed by atoms with Crippen molar-refractivity contribution in [3.05, 3.63) is 59.7 Å². The van der Waals surface area contributed by atoms with Gasteiger partial charge in [0.1, 0.15) is 6.61 Å². The lowest BCUT2D eigenvalue weighted by molar-refractivity contribution is -0.169. The third-order valence-electron chi connectivity index (χ3n) is 6.08.